The summed E-state index contributed by atoms with van der Waals surface area (Å²) in [5.41, 5.74) is 0. The molecule has 0 aromatic rings. The second kappa shape index (κ2) is 39.0. The smallest absolute Gasteiger partial charge is 0.393 e. The van der Waals surface area contributed by atoms with Gasteiger partial charge in [0.05, 0.1) is 24.7 Å². The van der Waals surface area contributed by atoms with E-state index >= 15 is 14.4 Å². The number of aliphatic hydroxyl groups is 1. The molecule has 97 heavy (non-hydrogen) atoms. The molecule has 14 atom stereocenters. The quantitative estimate of drug-likeness (QED) is 0.110. The van der Waals surface area contributed by atoms with Crippen molar-refractivity contribution in [3.05, 3.63) is 0 Å². The molecule has 558 valence electrons. The van der Waals surface area contributed by atoms with Gasteiger partial charge in [-0.05, 0) is 126 Å². The van der Waals surface area contributed by atoms with Gasteiger partial charge >= 0.3 is 12.1 Å². The van der Waals surface area contributed by atoms with Gasteiger partial charge in [0.1, 0.15) is 54.4 Å². The van der Waals surface area contributed by atoms with Crippen molar-refractivity contribution in [1.82, 2.24) is 55.6 Å². The molecular formula is C69H122F3N11O14. The molecule has 2 aliphatic heterocycles. The van der Waals surface area contributed by atoms with E-state index in [4.69, 9.17) is 9.47 Å². The lowest BCUT2D eigenvalue weighted by atomic mass is 9.90. The van der Waals surface area contributed by atoms with Gasteiger partial charge in [0, 0.05) is 55.9 Å². The van der Waals surface area contributed by atoms with Crippen LogP contribution in [0.15, 0.2) is 0 Å². The number of amides is 10. The van der Waals surface area contributed by atoms with Crippen molar-refractivity contribution in [2.75, 3.05) is 75.6 Å². The van der Waals surface area contributed by atoms with Gasteiger partial charge in [0.2, 0.25) is 53.2 Å². The van der Waals surface area contributed by atoms with Crippen LogP contribution in [0, 0.1) is 53.3 Å². The highest BCUT2D eigenvalue weighted by Gasteiger charge is 2.47. The Bertz CT molecular complexity index is 2650. The lowest BCUT2D eigenvalue weighted by Gasteiger charge is -2.41. The van der Waals surface area contributed by atoms with Crippen molar-refractivity contribution in [3.63, 3.8) is 0 Å². The maximum Gasteiger partial charge on any atom is 0.393 e. The third-order valence-corrected chi connectivity index (χ3v) is 18.5. The number of halogens is 3. The highest BCUT2D eigenvalue weighted by molar-refractivity contribution is 5.99. The zero-order chi connectivity index (χ0) is 74.7. The van der Waals surface area contributed by atoms with E-state index in [0.29, 0.717) is 6.54 Å². The maximum atomic E-state index is 15.4. The van der Waals surface area contributed by atoms with Crippen LogP contribution in [0.25, 0.3) is 0 Å². The van der Waals surface area contributed by atoms with Crippen LogP contribution in [0.4, 0.5) is 13.2 Å². The van der Waals surface area contributed by atoms with Gasteiger partial charge in [-0.25, -0.2) is 4.79 Å². The molecule has 2 rings (SSSR count). The number of ether oxygens (including phenoxy) is 2. The van der Waals surface area contributed by atoms with Gasteiger partial charge in [-0.1, -0.05) is 104 Å². The molecule has 0 spiro atoms. The van der Waals surface area contributed by atoms with E-state index in [0.717, 1.165) is 24.5 Å². The minimum absolute atomic E-state index is 0.0329. The number of alkyl halides is 3. The average molecular weight is 1390 g/mol. The van der Waals surface area contributed by atoms with Crippen LogP contribution in [-0.4, -0.2) is 259 Å². The van der Waals surface area contributed by atoms with Crippen LogP contribution >= 0.6 is 0 Å². The first-order valence-electron chi connectivity index (χ1n) is 34.7. The summed E-state index contributed by atoms with van der Waals surface area (Å²) in [7, 11) is 9.30. The number of methoxy groups -OCH3 is 1. The molecule has 0 bridgehead atoms. The number of nitrogens with one attached hydrogen (secondary N) is 4. The Hall–Kier alpha value is -6.16. The Kier molecular flexibility index (Phi) is 34.9. The van der Waals surface area contributed by atoms with Crippen molar-refractivity contribution in [3.8, 4) is 0 Å². The van der Waals surface area contributed by atoms with E-state index in [1.54, 1.807) is 39.5 Å². The first-order valence-corrected chi connectivity index (χ1v) is 34.7. The predicted molar refractivity (Wildman–Crippen MR) is 362 cm³/mol. The lowest BCUT2D eigenvalue weighted by molar-refractivity contribution is -0.186. The summed E-state index contributed by atoms with van der Waals surface area (Å²) in [5.74, 6) is -13.8. The van der Waals surface area contributed by atoms with Crippen LogP contribution in [0.1, 0.15) is 169 Å². The summed E-state index contributed by atoms with van der Waals surface area (Å²) in [6.07, 6.45) is -8.18. The van der Waals surface area contributed by atoms with Crippen molar-refractivity contribution in [1.29, 1.82) is 0 Å². The average Bonchev–Trinajstić information content (AvgIpc) is 0.808. The number of carbonyl (C=O) groups is 11. The normalized spacial score (nSPS) is 27.4. The third kappa shape index (κ3) is 25.5. The minimum Gasteiger partial charge on any atom is -0.450 e. The minimum atomic E-state index is -4.43. The van der Waals surface area contributed by atoms with Crippen molar-refractivity contribution < 1.29 is 80.5 Å². The first-order chi connectivity index (χ1) is 44.7. The fourth-order valence-corrected chi connectivity index (χ4v) is 12.5. The van der Waals surface area contributed by atoms with Gasteiger partial charge < -0.3 is 70.1 Å². The van der Waals surface area contributed by atoms with Crippen molar-refractivity contribution in [2.45, 2.75) is 248 Å². The van der Waals surface area contributed by atoms with Gasteiger partial charge in [0.15, 0.2) is 6.10 Å². The summed E-state index contributed by atoms with van der Waals surface area (Å²) in [5, 5.41) is 23.6. The van der Waals surface area contributed by atoms with E-state index < -0.39 is 174 Å². The molecule has 10 amide bonds. The largest absolute Gasteiger partial charge is 0.450 e. The molecule has 3 unspecified atom stereocenters. The lowest BCUT2D eigenvalue weighted by Crippen LogP contribution is -2.64. The van der Waals surface area contributed by atoms with Crippen molar-refractivity contribution in [2.24, 2.45) is 53.3 Å². The molecule has 25 nitrogen and oxygen atoms in total. The molecule has 28 heteroatoms. The maximum absolute atomic E-state index is 15.4. The number of hydrogen-bond acceptors (Lipinski definition) is 15. The fraction of sp³-hybridized carbons (Fsp3) is 0.841. The molecule has 0 aromatic heterocycles. The first kappa shape index (κ1) is 86.9. The Morgan fingerprint density at radius 3 is 1.40 bits per heavy atom. The second-order valence-corrected chi connectivity index (χ2v) is 30.1. The SMILES string of the molecule is COC(C)[C@@H]1NC(=O)[C@H](C(O)[C@H](C)CCN2CCCC(C(F)(F)F)C2)N(C)C(=O)[C@@H](C(C)C)N(C)C(=O)[C@H](CC(C)C)NC(=O)[C@H](CC(C)C)N(C)C(=O)[C@@H](C(C)C)OC(=O)[C@H](C)NC(=O)[C@H](CC(C)C)N(C)C(=O)[C@H](CC(C)C)NC(=O)[C@H](CC(C)C)N(C)C(=O)CN(C)C1=O. The topological polar surface area (TPSA) is 297 Å². The molecule has 2 fully saturated rings. The zero-order valence-electron chi connectivity index (χ0n) is 62.6. The van der Waals surface area contributed by atoms with Crippen LogP contribution in [-0.2, 0) is 62.2 Å². The Morgan fingerprint density at radius 1 is 0.536 bits per heavy atom. The summed E-state index contributed by atoms with van der Waals surface area (Å²) >= 11 is 0. The summed E-state index contributed by atoms with van der Waals surface area (Å²) in [6, 6.07) is -12.5. The second-order valence-electron chi connectivity index (χ2n) is 30.1. The molecule has 0 aromatic carbocycles. The number of likely N-dealkylation sites (tertiary alicyclic amines) is 1. The molecule has 0 saturated carbocycles. The van der Waals surface area contributed by atoms with E-state index in [-0.39, 0.29) is 94.0 Å². The number of piperidine rings is 1. The molecular weight excluding hydrogens is 1260 g/mol. The number of nitrogens with zero attached hydrogens (tertiary/aromatic N) is 7. The van der Waals surface area contributed by atoms with E-state index in [2.05, 4.69) is 21.3 Å². The molecule has 0 aliphatic carbocycles. The fourth-order valence-electron chi connectivity index (χ4n) is 12.5. The number of likely N-dealkylation sites (N-methyl/N-ethyl adjacent to an activating group) is 6. The van der Waals surface area contributed by atoms with Gasteiger partial charge in [-0.2, -0.15) is 13.2 Å². The summed E-state index contributed by atoms with van der Waals surface area (Å²) in [4.78, 5) is 171. The molecule has 2 saturated heterocycles. The zero-order valence-corrected chi connectivity index (χ0v) is 62.6. The van der Waals surface area contributed by atoms with Gasteiger partial charge in [-0.3, -0.25) is 47.9 Å². The van der Waals surface area contributed by atoms with Crippen LogP contribution in [0.2, 0.25) is 0 Å². The monoisotopic (exact) mass is 1390 g/mol. The number of esters is 1. The third-order valence-electron chi connectivity index (χ3n) is 18.5. The van der Waals surface area contributed by atoms with Crippen LogP contribution in [0.5, 0.6) is 0 Å². The number of cyclic esters (lactones) is 1. The van der Waals surface area contributed by atoms with E-state index in [9.17, 15) is 56.6 Å². The predicted octanol–water partition coefficient (Wildman–Crippen LogP) is 4.70. The van der Waals surface area contributed by atoms with Gasteiger partial charge in [-0.15, -0.1) is 0 Å². The van der Waals surface area contributed by atoms with E-state index in [1.165, 1.54) is 68.1 Å². The Morgan fingerprint density at radius 2 is 0.969 bits per heavy atom. The van der Waals surface area contributed by atoms with Crippen LogP contribution < -0.4 is 21.3 Å². The molecule has 2 heterocycles. The number of carbonyl (C=O) groups excluding carboxylic acids is 11. The number of aliphatic hydroxyl groups excluding tert-OH is 1. The molecule has 0 radical (unpaired) electrons. The Balaban J connectivity index is 3.07. The van der Waals surface area contributed by atoms with Gasteiger partial charge in [0.25, 0.3) is 5.91 Å². The standard InChI is InChI=1S/C69H122F3N11O14/c1-37(2)30-48-63(90)79(20)51(33-40(7)8)59(86)73-45(16)68(95)97-58(43(13)14)67(94)80(21)52(34-41(9)10)61(88)75-49(31-38(3)4)64(91)81(22)55(42(11)12)66(93)82(23)56(57(85)44(15)27-29-83-28-25-26-47(35-83)69(70,71)72)62(89)76-54(46(17)96-24)65(92)77(18)36-53(84)78(19)50(32-39(5)6)60(87)74-48/h37-52,54-58,85H,25-36H2,1-24H3,(H,73,86)(H,74,87)(H,75,88)(H,76,89)/t44-,45+,46?,47?,48+,49+,50+,51+,52+,54+,55-,56+,57?,58-/m1/s1. The van der Waals surface area contributed by atoms with E-state index in [1.807, 2.05) is 69.2 Å². The highest BCUT2D eigenvalue weighted by atomic mass is 19.4. The number of hydrogen-bond donors (Lipinski definition) is 5. The molecule has 2 aliphatic rings. The highest BCUT2D eigenvalue weighted by Crippen LogP contribution is 2.34. The van der Waals surface area contributed by atoms with Crippen LogP contribution in [0.3, 0.4) is 0 Å². The summed E-state index contributed by atoms with van der Waals surface area (Å²) in [6.45, 7) is 28.7. The molecule has 5 N–H and O–H groups in total. The number of rotatable bonds is 19. The van der Waals surface area contributed by atoms with Crippen molar-refractivity contribution >= 4 is 65.0 Å². The summed E-state index contributed by atoms with van der Waals surface area (Å²) < 4.78 is 53.4. The Labute approximate surface area is 575 Å².